The molecule has 5 heteroatoms. The fraction of sp³-hybridized carbons (Fsp3) is 0.364. The molecule has 0 bridgehead atoms. The maximum atomic E-state index is 12.8. The number of benzene rings is 2. The monoisotopic (exact) mass is 369 g/mol. The largest absolute Gasteiger partial charge is 0.494 e. The van der Waals surface area contributed by atoms with E-state index >= 15 is 0 Å². The summed E-state index contributed by atoms with van der Waals surface area (Å²) in [6.45, 7) is 8.03. The van der Waals surface area contributed by atoms with Crippen molar-refractivity contribution >= 4 is 17.6 Å². The third-order valence-electron chi connectivity index (χ3n) is 4.50. The molecule has 0 fully saturated rings. The first-order valence-corrected chi connectivity index (χ1v) is 9.14. The number of rotatable bonds is 8. The minimum atomic E-state index is -0.980. The molecule has 0 saturated carbocycles. The summed E-state index contributed by atoms with van der Waals surface area (Å²) >= 11 is 0. The maximum absolute atomic E-state index is 12.8. The second-order valence-corrected chi connectivity index (χ2v) is 6.88. The fourth-order valence-electron chi connectivity index (χ4n) is 3.15. The Balaban J connectivity index is 2.19. The van der Waals surface area contributed by atoms with Crippen LogP contribution in [0, 0.1) is 25.7 Å². The van der Waals surface area contributed by atoms with E-state index in [1.807, 2.05) is 32.9 Å². The van der Waals surface area contributed by atoms with Crippen LogP contribution < -0.4 is 10.1 Å². The number of anilines is 1. The number of nitrogens with one attached hydrogen (secondary N) is 1. The van der Waals surface area contributed by atoms with Crippen LogP contribution in [-0.2, 0) is 16.0 Å². The standard InChI is InChI=1S/C22H27NO4/c1-5-27-19-8-6-18(7-9-19)23-21(24)20(16(4)22(25)26)13-17-11-14(2)10-15(3)12-17/h6-12,16,20H,5,13H2,1-4H3,(H,23,24)(H,25,26)/t16-,20-/m1/s1. The number of carboxylic acids is 1. The third-order valence-corrected chi connectivity index (χ3v) is 4.50. The molecule has 0 aliphatic carbocycles. The van der Waals surface area contributed by atoms with E-state index in [1.165, 1.54) is 0 Å². The van der Waals surface area contributed by atoms with Crippen molar-refractivity contribution in [3.05, 3.63) is 59.2 Å². The molecule has 5 nitrogen and oxygen atoms in total. The van der Waals surface area contributed by atoms with E-state index in [4.69, 9.17) is 4.74 Å². The topological polar surface area (TPSA) is 75.6 Å². The van der Waals surface area contributed by atoms with Crippen LogP contribution in [0.2, 0.25) is 0 Å². The van der Waals surface area contributed by atoms with Gasteiger partial charge in [0.25, 0.3) is 0 Å². The summed E-state index contributed by atoms with van der Waals surface area (Å²) in [5.74, 6) is -2.02. The van der Waals surface area contributed by atoms with Gasteiger partial charge in [0.05, 0.1) is 18.4 Å². The van der Waals surface area contributed by atoms with Gasteiger partial charge in [-0.05, 0) is 57.0 Å². The molecule has 1 amide bonds. The second kappa shape index (κ2) is 9.21. The predicted molar refractivity (Wildman–Crippen MR) is 106 cm³/mol. The van der Waals surface area contributed by atoms with E-state index in [9.17, 15) is 14.7 Å². The molecule has 2 aromatic carbocycles. The minimum absolute atomic E-state index is 0.298. The van der Waals surface area contributed by atoms with Crippen molar-refractivity contribution in [1.82, 2.24) is 0 Å². The Morgan fingerprint density at radius 2 is 1.67 bits per heavy atom. The summed E-state index contributed by atoms with van der Waals surface area (Å²) in [4.78, 5) is 24.4. The Labute approximate surface area is 160 Å². The molecule has 0 spiro atoms. The summed E-state index contributed by atoms with van der Waals surface area (Å²) in [5.41, 5.74) is 3.77. The Hall–Kier alpha value is -2.82. The van der Waals surface area contributed by atoms with Crippen LogP contribution in [0.15, 0.2) is 42.5 Å². The molecule has 2 rings (SSSR count). The molecule has 0 aliphatic rings. The summed E-state index contributed by atoms with van der Waals surface area (Å²) in [6, 6.07) is 13.1. The van der Waals surface area contributed by atoms with Gasteiger partial charge in [0.1, 0.15) is 5.75 Å². The fourth-order valence-corrected chi connectivity index (χ4v) is 3.15. The van der Waals surface area contributed by atoms with Gasteiger partial charge in [0.2, 0.25) is 5.91 Å². The lowest BCUT2D eigenvalue weighted by Gasteiger charge is -2.21. The van der Waals surface area contributed by atoms with Crippen molar-refractivity contribution in [2.75, 3.05) is 11.9 Å². The molecular weight excluding hydrogens is 342 g/mol. The number of aryl methyl sites for hydroxylation is 2. The van der Waals surface area contributed by atoms with Crippen LogP contribution in [0.5, 0.6) is 5.75 Å². The summed E-state index contributed by atoms with van der Waals surface area (Å²) in [7, 11) is 0. The van der Waals surface area contributed by atoms with Crippen LogP contribution >= 0.6 is 0 Å². The van der Waals surface area contributed by atoms with Gasteiger partial charge in [0, 0.05) is 5.69 Å². The van der Waals surface area contributed by atoms with E-state index in [2.05, 4.69) is 11.4 Å². The number of amides is 1. The lowest BCUT2D eigenvalue weighted by atomic mass is 9.86. The summed E-state index contributed by atoms with van der Waals surface area (Å²) in [5, 5.41) is 12.3. The molecule has 0 heterocycles. The normalized spacial score (nSPS) is 12.9. The van der Waals surface area contributed by atoms with Gasteiger partial charge in [-0.25, -0.2) is 0 Å². The summed E-state index contributed by atoms with van der Waals surface area (Å²) in [6.07, 6.45) is 0.374. The highest BCUT2D eigenvalue weighted by molar-refractivity contribution is 5.95. The first-order chi connectivity index (χ1) is 12.8. The molecule has 0 aliphatic heterocycles. The van der Waals surface area contributed by atoms with E-state index in [0.29, 0.717) is 18.7 Å². The number of carboxylic acid groups (broad SMARTS) is 1. The second-order valence-electron chi connectivity index (χ2n) is 6.88. The zero-order chi connectivity index (χ0) is 20.0. The van der Waals surface area contributed by atoms with Gasteiger partial charge in [-0.15, -0.1) is 0 Å². The van der Waals surface area contributed by atoms with Crippen molar-refractivity contribution in [3.8, 4) is 5.75 Å². The smallest absolute Gasteiger partial charge is 0.307 e. The van der Waals surface area contributed by atoms with Crippen LogP contribution in [0.1, 0.15) is 30.5 Å². The number of hydrogen-bond acceptors (Lipinski definition) is 3. The quantitative estimate of drug-likeness (QED) is 0.730. The minimum Gasteiger partial charge on any atom is -0.494 e. The molecule has 144 valence electrons. The van der Waals surface area contributed by atoms with Crippen molar-refractivity contribution in [2.24, 2.45) is 11.8 Å². The van der Waals surface area contributed by atoms with Gasteiger partial charge >= 0.3 is 5.97 Å². The molecule has 0 unspecified atom stereocenters. The average molecular weight is 369 g/mol. The zero-order valence-electron chi connectivity index (χ0n) is 16.3. The number of carbonyl (C=O) groups is 2. The molecule has 2 aromatic rings. The van der Waals surface area contributed by atoms with Crippen molar-refractivity contribution < 1.29 is 19.4 Å². The summed E-state index contributed by atoms with van der Waals surface area (Å²) < 4.78 is 5.39. The predicted octanol–water partition coefficient (Wildman–Crippen LogP) is 4.22. The first kappa shape index (κ1) is 20.5. The Morgan fingerprint density at radius 3 is 2.19 bits per heavy atom. The Kier molecular flexibility index (Phi) is 6.99. The lowest BCUT2D eigenvalue weighted by molar-refractivity contribution is -0.145. The molecule has 2 N–H and O–H groups in total. The van der Waals surface area contributed by atoms with Gasteiger partial charge in [-0.1, -0.05) is 36.2 Å². The van der Waals surface area contributed by atoms with E-state index in [0.717, 1.165) is 22.4 Å². The highest BCUT2D eigenvalue weighted by Crippen LogP contribution is 2.23. The molecule has 27 heavy (non-hydrogen) atoms. The SMILES string of the molecule is CCOc1ccc(NC(=O)[C@H](Cc2cc(C)cc(C)c2)[C@@H](C)C(=O)O)cc1. The average Bonchev–Trinajstić information content (AvgIpc) is 2.60. The third kappa shape index (κ3) is 5.84. The molecule has 0 saturated heterocycles. The lowest BCUT2D eigenvalue weighted by Crippen LogP contribution is -2.33. The molecule has 0 aromatic heterocycles. The van der Waals surface area contributed by atoms with Crippen LogP contribution in [-0.4, -0.2) is 23.6 Å². The molecular formula is C22H27NO4. The van der Waals surface area contributed by atoms with Gasteiger partial charge in [-0.3, -0.25) is 9.59 Å². The number of hydrogen-bond donors (Lipinski definition) is 2. The highest BCUT2D eigenvalue weighted by Gasteiger charge is 2.30. The van der Waals surface area contributed by atoms with E-state index in [-0.39, 0.29) is 5.91 Å². The Morgan fingerprint density at radius 1 is 1.07 bits per heavy atom. The van der Waals surface area contributed by atoms with Gasteiger partial charge in [0.15, 0.2) is 0 Å². The van der Waals surface area contributed by atoms with Crippen molar-refractivity contribution in [3.63, 3.8) is 0 Å². The zero-order valence-corrected chi connectivity index (χ0v) is 16.3. The number of carbonyl (C=O) groups excluding carboxylic acids is 1. The maximum Gasteiger partial charge on any atom is 0.307 e. The molecule has 2 atom stereocenters. The van der Waals surface area contributed by atoms with Crippen LogP contribution in [0.25, 0.3) is 0 Å². The number of ether oxygens (including phenoxy) is 1. The van der Waals surface area contributed by atoms with Gasteiger partial charge in [-0.2, -0.15) is 0 Å². The first-order valence-electron chi connectivity index (χ1n) is 9.14. The van der Waals surface area contributed by atoms with Crippen LogP contribution in [0.4, 0.5) is 5.69 Å². The van der Waals surface area contributed by atoms with Crippen LogP contribution in [0.3, 0.4) is 0 Å². The number of aliphatic carboxylic acids is 1. The van der Waals surface area contributed by atoms with E-state index in [1.54, 1.807) is 31.2 Å². The molecule has 0 radical (unpaired) electrons. The van der Waals surface area contributed by atoms with Crippen molar-refractivity contribution in [2.45, 2.75) is 34.1 Å². The van der Waals surface area contributed by atoms with Crippen molar-refractivity contribution in [1.29, 1.82) is 0 Å². The van der Waals surface area contributed by atoms with Gasteiger partial charge < -0.3 is 15.2 Å². The Bertz CT molecular complexity index is 778. The highest BCUT2D eigenvalue weighted by atomic mass is 16.5. The van der Waals surface area contributed by atoms with E-state index < -0.39 is 17.8 Å².